The summed E-state index contributed by atoms with van der Waals surface area (Å²) in [7, 11) is 0. The number of hydrogen-bond acceptors (Lipinski definition) is 6. The first-order chi connectivity index (χ1) is 12.9. The highest BCUT2D eigenvalue weighted by Crippen LogP contribution is 2.28. The number of phenolic OH excluding ortho intramolecular Hbond substituents is 1. The number of nitrogens with one attached hydrogen (secondary N) is 2. The molecule has 0 unspecified atom stereocenters. The highest BCUT2D eigenvalue weighted by atomic mass is 35.5. The van der Waals surface area contributed by atoms with Gasteiger partial charge in [0.1, 0.15) is 11.6 Å². The minimum absolute atomic E-state index is 0.0113. The van der Waals surface area contributed by atoms with Crippen LogP contribution < -0.4 is 15.5 Å². The minimum Gasteiger partial charge on any atom is -0.506 e. The molecule has 7 nitrogen and oxygen atoms in total. The Bertz CT molecular complexity index is 830. The number of rotatable bonds is 6. The fourth-order valence-corrected chi connectivity index (χ4v) is 3.35. The molecule has 3 rings (SSSR count). The van der Waals surface area contributed by atoms with Gasteiger partial charge in [-0.25, -0.2) is 4.98 Å². The monoisotopic (exact) mass is 389 g/mol. The van der Waals surface area contributed by atoms with Crippen molar-refractivity contribution < 1.29 is 9.90 Å². The third-order valence-electron chi connectivity index (χ3n) is 4.40. The average Bonchev–Trinajstić information content (AvgIpc) is 3.06. The number of aromatic nitrogens is 2. The second kappa shape index (κ2) is 8.43. The van der Waals surface area contributed by atoms with Gasteiger partial charge in [0.2, 0.25) is 11.9 Å². The lowest BCUT2D eigenvalue weighted by Gasteiger charge is -2.19. The lowest BCUT2D eigenvalue weighted by Crippen LogP contribution is -2.35. The van der Waals surface area contributed by atoms with Crippen LogP contribution in [-0.4, -0.2) is 40.1 Å². The maximum absolute atomic E-state index is 11.3. The van der Waals surface area contributed by atoms with E-state index in [2.05, 4.69) is 32.4 Å². The van der Waals surface area contributed by atoms with Crippen molar-refractivity contribution in [3.05, 3.63) is 35.0 Å². The third kappa shape index (κ3) is 5.01. The molecule has 2 heterocycles. The lowest BCUT2D eigenvalue weighted by atomic mass is 10.2. The van der Waals surface area contributed by atoms with Crippen LogP contribution in [0.15, 0.2) is 24.3 Å². The standard InChI is InChI=1S/C19H24ClN5O2/c1-3-4-13-10-18(25-8-7-15(11-25)21-12(2)26)24-19(22-13)23-14-5-6-17(27)16(20)9-14/h5-6,9-10,15,27H,3-4,7-8,11H2,1-2H3,(H,21,26)(H,22,23,24)/t15-/m0/s1. The molecule has 1 aromatic carbocycles. The van der Waals surface area contributed by atoms with Crippen molar-refractivity contribution >= 4 is 35.0 Å². The zero-order valence-corrected chi connectivity index (χ0v) is 16.3. The van der Waals surface area contributed by atoms with Crippen LogP contribution in [0, 0.1) is 0 Å². The van der Waals surface area contributed by atoms with Gasteiger partial charge in [-0.2, -0.15) is 4.98 Å². The van der Waals surface area contributed by atoms with Crippen LogP contribution >= 0.6 is 11.6 Å². The van der Waals surface area contributed by atoms with E-state index in [-0.39, 0.29) is 22.7 Å². The Morgan fingerprint density at radius 1 is 1.37 bits per heavy atom. The smallest absolute Gasteiger partial charge is 0.229 e. The zero-order valence-electron chi connectivity index (χ0n) is 15.5. The molecule has 1 amide bonds. The summed E-state index contributed by atoms with van der Waals surface area (Å²) >= 11 is 5.98. The normalized spacial score (nSPS) is 16.4. The molecular weight excluding hydrogens is 366 g/mol. The summed E-state index contributed by atoms with van der Waals surface area (Å²) in [6.45, 7) is 5.21. The van der Waals surface area contributed by atoms with Crippen molar-refractivity contribution in [1.29, 1.82) is 0 Å². The summed E-state index contributed by atoms with van der Waals surface area (Å²) in [5, 5.41) is 16.0. The molecule has 1 aliphatic heterocycles. The maximum Gasteiger partial charge on any atom is 0.229 e. The Balaban J connectivity index is 1.82. The SMILES string of the molecule is CCCc1cc(N2CC[C@H](NC(C)=O)C2)nc(Nc2ccc(O)c(Cl)c2)n1. The Morgan fingerprint density at radius 3 is 2.89 bits per heavy atom. The van der Waals surface area contributed by atoms with Gasteiger partial charge in [-0.05, 0) is 31.0 Å². The van der Waals surface area contributed by atoms with Gasteiger partial charge >= 0.3 is 0 Å². The first kappa shape index (κ1) is 19.2. The molecule has 1 aliphatic rings. The van der Waals surface area contributed by atoms with Crippen molar-refractivity contribution in [2.45, 2.75) is 39.2 Å². The fraction of sp³-hybridized carbons (Fsp3) is 0.421. The van der Waals surface area contributed by atoms with E-state index in [1.54, 1.807) is 12.1 Å². The topological polar surface area (TPSA) is 90.4 Å². The summed E-state index contributed by atoms with van der Waals surface area (Å²) in [5.41, 5.74) is 1.66. The molecule has 1 aromatic heterocycles. The molecule has 0 saturated carbocycles. The van der Waals surface area contributed by atoms with E-state index in [0.717, 1.165) is 43.9 Å². The highest BCUT2D eigenvalue weighted by molar-refractivity contribution is 6.32. The van der Waals surface area contributed by atoms with Crippen LogP contribution in [-0.2, 0) is 11.2 Å². The van der Waals surface area contributed by atoms with E-state index in [1.165, 1.54) is 13.0 Å². The predicted octanol–water partition coefficient (Wildman–Crippen LogP) is 3.25. The van der Waals surface area contributed by atoms with Gasteiger partial charge in [0.25, 0.3) is 0 Å². The number of halogens is 1. The van der Waals surface area contributed by atoms with E-state index in [4.69, 9.17) is 11.6 Å². The number of anilines is 3. The third-order valence-corrected chi connectivity index (χ3v) is 4.70. The Morgan fingerprint density at radius 2 is 2.19 bits per heavy atom. The first-order valence-corrected chi connectivity index (χ1v) is 9.48. The van der Waals surface area contributed by atoms with E-state index < -0.39 is 0 Å². The Kier molecular flexibility index (Phi) is 6.01. The van der Waals surface area contributed by atoms with Crippen LogP contribution in [0.1, 0.15) is 32.4 Å². The number of phenols is 1. The number of hydrogen-bond donors (Lipinski definition) is 3. The Labute approximate surface area is 163 Å². The number of aryl methyl sites for hydroxylation is 1. The average molecular weight is 390 g/mol. The molecule has 1 saturated heterocycles. The molecule has 1 atom stereocenters. The van der Waals surface area contributed by atoms with Gasteiger partial charge in [-0.15, -0.1) is 0 Å². The van der Waals surface area contributed by atoms with E-state index >= 15 is 0 Å². The maximum atomic E-state index is 11.3. The highest BCUT2D eigenvalue weighted by Gasteiger charge is 2.24. The number of aromatic hydroxyl groups is 1. The summed E-state index contributed by atoms with van der Waals surface area (Å²) in [6.07, 6.45) is 2.72. The van der Waals surface area contributed by atoms with Gasteiger partial charge in [-0.3, -0.25) is 4.79 Å². The Hall–Kier alpha value is -2.54. The van der Waals surface area contributed by atoms with Crippen LogP contribution in [0.3, 0.4) is 0 Å². The van der Waals surface area contributed by atoms with Gasteiger partial charge < -0.3 is 20.6 Å². The quantitative estimate of drug-likeness (QED) is 0.657. The van der Waals surface area contributed by atoms with Crippen LogP contribution in [0.5, 0.6) is 5.75 Å². The second-order valence-corrected chi connectivity index (χ2v) is 7.12. The minimum atomic E-state index is -0.0113. The van der Waals surface area contributed by atoms with E-state index in [0.29, 0.717) is 11.6 Å². The van der Waals surface area contributed by atoms with Crippen molar-refractivity contribution in [3.63, 3.8) is 0 Å². The molecule has 0 spiro atoms. The van der Waals surface area contributed by atoms with Gasteiger partial charge in [0.05, 0.1) is 5.02 Å². The molecule has 1 fully saturated rings. The molecular formula is C19H24ClN5O2. The van der Waals surface area contributed by atoms with Crippen LogP contribution in [0.2, 0.25) is 5.02 Å². The van der Waals surface area contributed by atoms with Crippen LogP contribution in [0.25, 0.3) is 0 Å². The molecule has 0 radical (unpaired) electrons. The number of carbonyl (C=O) groups is 1. The van der Waals surface area contributed by atoms with Gasteiger partial charge in [0, 0.05) is 43.5 Å². The van der Waals surface area contributed by atoms with Crippen molar-refractivity contribution in [1.82, 2.24) is 15.3 Å². The lowest BCUT2D eigenvalue weighted by molar-refractivity contribution is -0.119. The summed E-state index contributed by atoms with van der Waals surface area (Å²) in [4.78, 5) is 22.7. The van der Waals surface area contributed by atoms with Gasteiger partial charge in [0.15, 0.2) is 0 Å². The van der Waals surface area contributed by atoms with Crippen LogP contribution in [0.4, 0.5) is 17.5 Å². The number of benzene rings is 1. The van der Waals surface area contributed by atoms with E-state index in [1.807, 2.05) is 6.07 Å². The zero-order chi connectivity index (χ0) is 19.4. The van der Waals surface area contributed by atoms with Crippen molar-refractivity contribution in [3.8, 4) is 5.75 Å². The van der Waals surface area contributed by atoms with Gasteiger partial charge in [-0.1, -0.05) is 24.9 Å². The fourth-order valence-electron chi connectivity index (χ4n) is 3.17. The molecule has 8 heteroatoms. The summed E-state index contributed by atoms with van der Waals surface area (Å²) in [6, 6.07) is 7.03. The molecule has 0 aliphatic carbocycles. The molecule has 27 heavy (non-hydrogen) atoms. The second-order valence-electron chi connectivity index (χ2n) is 6.71. The van der Waals surface area contributed by atoms with E-state index in [9.17, 15) is 9.90 Å². The number of amides is 1. The first-order valence-electron chi connectivity index (χ1n) is 9.10. The summed E-state index contributed by atoms with van der Waals surface area (Å²) < 4.78 is 0. The van der Waals surface area contributed by atoms with Crippen molar-refractivity contribution in [2.24, 2.45) is 0 Å². The summed E-state index contributed by atoms with van der Waals surface area (Å²) in [5.74, 6) is 1.35. The number of carbonyl (C=O) groups excluding carboxylic acids is 1. The molecule has 0 bridgehead atoms. The number of nitrogens with zero attached hydrogens (tertiary/aromatic N) is 3. The molecule has 3 N–H and O–H groups in total. The molecule has 144 valence electrons. The largest absolute Gasteiger partial charge is 0.506 e. The molecule has 2 aromatic rings. The predicted molar refractivity (Wildman–Crippen MR) is 107 cm³/mol. The van der Waals surface area contributed by atoms with Crippen molar-refractivity contribution in [2.75, 3.05) is 23.3 Å².